The third-order valence-electron chi connectivity index (χ3n) is 2.34. The molecule has 0 spiro atoms. The van der Waals surface area contributed by atoms with Gasteiger partial charge < -0.3 is 14.8 Å². The van der Waals surface area contributed by atoms with Gasteiger partial charge in [-0.2, -0.15) is 0 Å². The summed E-state index contributed by atoms with van der Waals surface area (Å²) in [6, 6.07) is 5.82. The Morgan fingerprint density at radius 2 is 2.22 bits per heavy atom. The Morgan fingerprint density at radius 1 is 1.44 bits per heavy atom. The van der Waals surface area contributed by atoms with Crippen LogP contribution in [0.4, 0.5) is 10.1 Å². The molecule has 0 aliphatic rings. The van der Waals surface area contributed by atoms with E-state index < -0.39 is 11.8 Å². The summed E-state index contributed by atoms with van der Waals surface area (Å²) in [6.07, 6.45) is 1.29. The third kappa shape index (κ3) is 2.70. The summed E-state index contributed by atoms with van der Waals surface area (Å²) >= 11 is 3.23. The molecule has 0 aliphatic heterocycles. The lowest BCUT2D eigenvalue weighted by atomic mass is 10.2. The van der Waals surface area contributed by atoms with Gasteiger partial charge in [0, 0.05) is 4.47 Å². The van der Waals surface area contributed by atoms with Crippen molar-refractivity contribution in [2.24, 2.45) is 0 Å². The molecule has 4 nitrogen and oxygen atoms in total. The predicted molar refractivity (Wildman–Crippen MR) is 67.1 cm³/mol. The van der Waals surface area contributed by atoms with Crippen LogP contribution in [0.1, 0.15) is 16.1 Å². The van der Waals surface area contributed by atoms with Crippen LogP contribution in [0.3, 0.4) is 0 Å². The topological polar surface area (TPSA) is 62.5 Å². The molecule has 0 fully saturated rings. The molecule has 0 bridgehead atoms. The maximum absolute atomic E-state index is 13.4. The normalized spacial score (nSPS) is 10.3. The van der Waals surface area contributed by atoms with Gasteiger partial charge in [0.2, 0.25) is 0 Å². The van der Waals surface area contributed by atoms with Crippen LogP contribution in [0.5, 0.6) is 0 Å². The van der Waals surface area contributed by atoms with Gasteiger partial charge in [0.15, 0.2) is 0 Å². The number of anilines is 1. The first kappa shape index (κ1) is 12.6. The van der Waals surface area contributed by atoms with E-state index in [-0.39, 0.29) is 23.6 Å². The van der Waals surface area contributed by atoms with Crippen molar-refractivity contribution >= 4 is 27.6 Å². The van der Waals surface area contributed by atoms with E-state index in [0.29, 0.717) is 0 Å². The number of benzene rings is 1. The number of halogens is 2. The Hall–Kier alpha value is -1.82. The highest BCUT2D eigenvalue weighted by Crippen LogP contribution is 2.21. The molecule has 0 saturated carbocycles. The Balaban J connectivity index is 2.14. The SMILES string of the molecule is O=C(O)c1ccoc1CNc1cc(Br)ccc1F. The number of rotatable bonds is 4. The second-order valence-electron chi connectivity index (χ2n) is 3.54. The first-order valence-corrected chi connectivity index (χ1v) is 5.86. The van der Waals surface area contributed by atoms with Gasteiger partial charge in [0.1, 0.15) is 17.1 Å². The van der Waals surface area contributed by atoms with E-state index in [1.54, 1.807) is 12.1 Å². The third-order valence-corrected chi connectivity index (χ3v) is 2.84. The first-order chi connectivity index (χ1) is 8.58. The van der Waals surface area contributed by atoms with Gasteiger partial charge in [0.05, 0.1) is 18.5 Å². The van der Waals surface area contributed by atoms with Crippen molar-refractivity contribution in [3.63, 3.8) is 0 Å². The fourth-order valence-electron chi connectivity index (χ4n) is 1.48. The average molecular weight is 314 g/mol. The van der Waals surface area contributed by atoms with Gasteiger partial charge in [-0.05, 0) is 24.3 Å². The second-order valence-corrected chi connectivity index (χ2v) is 4.46. The van der Waals surface area contributed by atoms with Crippen molar-refractivity contribution in [1.82, 2.24) is 0 Å². The largest absolute Gasteiger partial charge is 0.478 e. The fraction of sp³-hybridized carbons (Fsp3) is 0.0833. The smallest absolute Gasteiger partial charge is 0.339 e. The molecule has 2 aromatic rings. The van der Waals surface area contributed by atoms with E-state index in [2.05, 4.69) is 21.2 Å². The molecule has 1 aromatic heterocycles. The monoisotopic (exact) mass is 313 g/mol. The van der Waals surface area contributed by atoms with Crippen LogP contribution < -0.4 is 5.32 Å². The number of aromatic carboxylic acids is 1. The molecule has 18 heavy (non-hydrogen) atoms. The summed E-state index contributed by atoms with van der Waals surface area (Å²) in [7, 11) is 0. The molecule has 0 amide bonds. The Morgan fingerprint density at radius 3 is 2.94 bits per heavy atom. The van der Waals surface area contributed by atoms with Gasteiger partial charge in [-0.1, -0.05) is 15.9 Å². The van der Waals surface area contributed by atoms with Gasteiger partial charge >= 0.3 is 5.97 Å². The molecule has 2 N–H and O–H groups in total. The summed E-state index contributed by atoms with van der Waals surface area (Å²) in [5.74, 6) is -1.24. The number of hydrogen-bond donors (Lipinski definition) is 2. The van der Waals surface area contributed by atoms with E-state index in [4.69, 9.17) is 9.52 Å². The van der Waals surface area contributed by atoms with Crippen molar-refractivity contribution in [3.05, 3.63) is 52.1 Å². The average Bonchev–Trinajstić information content (AvgIpc) is 2.79. The van der Waals surface area contributed by atoms with E-state index in [1.165, 1.54) is 18.4 Å². The maximum Gasteiger partial charge on any atom is 0.339 e. The minimum atomic E-state index is -1.07. The maximum atomic E-state index is 13.4. The lowest BCUT2D eigenvalue weighted by Gasteiger charge is -2.07. The van der Waals surface area contributed by atoms with Crippen molar-refractivity contribution in [3.8, 4) is 0 Å². The van der Waals surface area contributed by atoms with E-state index >= 15 is 0 Å². The molecule has 1 aromatic carbocycles. The highest BCUT2D eigenvalue weighted by atomic mass is 79.9. The Bertz CT molecular complexity index is 582. The molecule has 2 rings (SSSR count). The van der Waals surface area contributed by atoms with Crippen molar-refractivity contribution in [2.45, 2.75) is 6.54 Å². The van der Waals surface area contributed by atoms with Crippen LogP contribution in [0.25, 0.3) is 0 Å². The molecule has 0 unspecified atom stereocenters. The molecule has 0 atom stereocenters. The van der Waals surface area contributed by atoms with Crippen molar-refractivity contribution in [1.29, 1.82) is 0 Å². The summed E-state index contributed by atoms with van der Waals surface area (Å²) in [6.45, 7) is 0.0992. The second kappa shape index (κ2) is 5.22. The van der Waals surface area contributed by atoms with Gasteiger partial charge in [-0.15, -0.1) is 0 Å². The zero-order chi connectivity index (χ0) is 13.1. The molecular formula is C12H9BrFNO3. The molecule has 1 heterocycles. The molecular weight excluding hydrogens is 305 g/mol. The molecule has 0 aliphatic carbocycles. The van der Waals surface area contributed by atoms with Crippen LogP contribution in [-0.2, 0) is 6.54 Å². The van der Waals surface area contributed by atoms with Gasteiger partial charge in [-0.3, -0.25) is 0 Å². The molecule has 0 saturated heterocycles. The minimum Gasteiger partial charge on any atom is -0.478 e. The lowest BCUT2D eigenvalue weighted by molar-refractivity contribution is 0.0694. The zero-order valence-corrected chi connectivity index (χ0v) is 10.7. The highest BCUT2D eigenvalue weighted by Gasteiger charge is 2.13. The molecule has 0 radical (unpaired) electrons. The predicted octanol–water partition coefficient (Wildman–Crippen LogP) is 3.49. The number of carboxylic acids is 1. The summed E-state index contributed by atoms with van der Waals surface area (Å²) in [5.41, 5.74) is 0.343. The van der Waals surface area contributed by atoms with E-state index in [9.17, 15) is 9.18 Å². The van der Waals surface area contributed by atoms with Gasteiger partial charge in [0.25, 0.3) is 0 Å². The van der Waals surface area contributed by atoms with Crippen molar-refractivity contribution in [2.75, 3.05) is 5.32 Å². The van der Waals surface area contributed by atoms with Crippen LogP contribution in [0.2, 0.25) is 0 Å². The Kier molecular flexibility index (Phi) is 3.66. The molecule has 94 valence electrons. The first-order valence-electron chi connectivity index (χ1n) is 5.06. The quantitative estimate of drug-likeness (QED) is 0.907. The van der Waals surface area contributed by atoms with Crippen LogP contribution in [0.15, 0.2) is 39.4 Å². The van der Waals surface area contributed by atoms with E-state index in [1.807, 2.05) is 0 Å². The number of nitrogens with one attached hydrogen (secondary N) is 1. The number of carboxylic acid groups (broad SMARTS) is 1. The summed E-state index contributed by atoms with van der Waals surface area (Å²) < 4.78 is 19.2. The van der Waals surface area contributed by atoms with E-state index in [0.717, 1.165) is 4.47 Å². The van der Waals surface area contributed by atoms with Crippen LogP contribution in [0, 0.1) is 5.82 Å². The fourth-order valence-corrected chi connectivity index (χ4v) is 1.84. The van der Waals surface area contributed by atoms with Crippen LogP contribution in [-0.4, -0.2) is 11.1 Å². The highest BCUT2D eigenvalue weighted by molar-refractivity contribution is 9.10. The summed E-state index contributed by atoms with van der Waals surface area (Å²) in [4.78, 5) is 10.8. The summed E-state index contributed by atoms with van der Waals surface area (Å²) in [5, 5.41) is 11.7. The minimum absolute atomic E-state index is 0.0675. The standard InChI is InChI=1S/C12H9BrFNO3/c13-7-1-2-9(14)10(5-7)15-6-11-8(12(16)17)3-4-18-11/h1-5,15H,6H2,(H,16,17). The number of furan rings is 1. The van der Waals surface area contributed by atoms with Crippen molar-refractivity contribution < 1.29 is 18.7 Å². The number of hydrogen-bond acceptors (Lipinski definition) is 3. The lowest BCUT2D eigenvalue weighted by Crippen LogP contribution is -2.05. The molecule has 6 heteroatoms. The number of carbonyl (C=O) groups is 1. The van der Waals surface area contributed by atoms with Crippen LogP contribution >= 0.6 is 15.9 Å². The zero-order valence-electron chi connectivity index (χ0n) is 9.11. The Labute approximate surface area is 111 Å². The van der Waals surface area contributed by atoms with Gasteiger partial charge in [-0.25, -0.2) is 9.18 Å².